The van der Waals surface area contributed by atoms with Gasteiger partial charge in [-0.2, -0.15) is 0 Å². The predicted octanol–water partition coefficient (Wildman–Crippen LogP) is 3.33. The van der Waals surface area contributed by atoms with Crippen LogP contribution in [0.25, 0.3) is 0 Å². The first-order valence-electron chi connectivity index (χ1n) is 8.69. The van der Waals surface area contributed by atoms with E-state index in [9.17, 15) is 9.59 Å². The van der Waals surface area contributed by atoms with E-state index in [1.807, 2.05) is 6.07 Å². The Bertz CT molecular complexity index is 543. The van der Waals surface area contributed by atoms with Gasteiger partial charge in [0.25, 0.3) is 0 Å². The lowest BCUT2D eigenvalue weighted by molar-refractivity contribution is -0.142. The number of aliphatic carboxylic acids is 1. The third kappa shape index (κ3) is 4.12. The van der Waals surface area contributed by atoms with Gasteiger partial charge in [-0.25, -0.2) is 0 Å². The molecule has 0 radical (unpaired) electrons. The Morgan fingerprint density at radius 2 is 1.70 bits per heavy atom. The lowest BCUT2D eigenvalue weighted by Crippen LogP contribution is -2.40. The molecule has 1 amide bonds. The van der Waals surface area contributed by atoms with Gasteiger partial charge in [0.05, 0.1) is 5.92 Å². The number of carbonyl (C=O) groups excluding carboxylic acids is 1. The van der Waals surface area contributed by atoms with Crippen molar-refractivity contribution in [2.45, 2.75) is 56.9 Å². The summed E-state index contributed by atoms with van der Waals surface area (Å²) in [5.41, 5.74) is 1.39. The van der Waals surface area contributed by atoms with Crippen molar-refractivity contribution in [1.29, 1.82) is 0 Å². The standard InChI is InChI=1S/C19H25NO3/c21-18(20-17-8-6-15(7-9-17)19(22)23)12-13-10-16(11-13)14-4-2-1-3-5-14/h1-5,13,15-17H,6-12H2,(H,20,21)(H,22,23). The summed E-state index contributed by atoms with van der Waals surface area (Å²) in [7, 11) is 0. The molecule has 124 valence electrons. The number of benzene rings is 1. The molecule has 2 fully saturated rings. The van der Waals surface area contributed by atoms with E-state index in [1.165, 1.54) is 5.56 Å². The van der Waals surface area contributed by atoms with Gasteiger partial charge in [0.2, 0.25) is 5.91 Å². The van der Waals surface area contributed by atoms with Gasteiger partial charge in [-0.3, -0.25) is 9.59 Å². The molecule has 3 rings (SSSR count). The van der Waals surface area contributed by atoms with Gasteiger partial charge in [-0.15, -0.1) is 0 Å². The number of carbonyl (C=O) groups is 2. The third-order valence-electron chi connectivity index (χ3n) is 5.42. The van der Waals surface area contributed by atoms with Gasteiger partial charge in [-0.05, 0) is 55.9 Å². The number of amides is 1. The Morgan fingerprint density at radius 1 is 1.04 bits per heavy atom. The Kier molecular flexibility index (Phi) is 4.99. The second-order valence-corrected chi connectivity index (χ2v) is 7.10. The Balaban J connectivity index is 1.36. The highest BCUT2D eigenvalue weighted by Gasteiger charge is 2.32. The van der Waals surface area contributed by atoms with Crippen molar-refractivity contribution in [2.75, 3.05) is 0 Å². The van der Waals surface area contributed by atoms with E-state index in [-0.39, 0.29) is 17.9 Å². The zero-order valence-corrected chi connectivity index (χ0v) is 13.4. The fourth-order valence-electron chi connectivity index (χ4n) is 3.93. The number of rotatable bonds is 5. The van der Waals surface area contributed by atoms with Crippen LogP contribution >= 0.6 is 0 Å². The van der Waals surface area contributed by atoms with Crippen LogP contribution in [0.3, 0.4) is 0 Å². The normalized spacial score (nSPS) is 30.3. The van der Waals surface area contributed by atoms with Gasteiger partial charge >= 0.3 is 5.97 Å². The van der Waals surface area contributed by atoms with E-state index < -0.39 is 5.97 Å². The minimum absolute atomic E-state index is 0.139. The van der Waals surface area contributed by atoms with Gasteiger partial charge in [0, 0.05) is 12.5 Å². The van der Waals surface area contributed by atoms with Crippen LogP contribution in [0.15, 0.2) is 30.3 Å². The molecule has 0 aromatic heterocycles. The lowest BCUT2D eigenvalue weighted by atomic mass is 9.70. The molecule has 0 unspecified atom stereocenters. The number of nitrogens with one attached hydrogen (secondary N) is 1. The van der Waals surface area contributed by atoms with Crippen molar-refractivity contribution in [2.24, 2.45) is 11.8 Å². The maximum absolute atomic E-state index is 12.1. The van der Waals surface area contributed by atoms with Crippen LogP contribution in [-0.2, 0) is 9.59 Å². The highest BCUT2D eigenvalue weighted by atomic mass is 16.4. The quantitative estimate of drug-likeness (QED) is 0.876. The second-order valence-electron chi connectivity index (χ2n) is 7.10. The molecule has 0 bridgehead atoms. The Morgan fingerprint density at radius 3 is 2.30 bits per heavy atom. The van der Waals surface area contributed by atoms with E-state index in [0.29, 0.717) is 31.1 Å². The van der Waals surface area contributed by atoms with Crippen LogP contribution in [-0.4, -0.2) is 23.0 Å². The fourth-order valence-corrected chi connectivity index (χ4v) is 3.93. The summed E-state index contributed by atoms with van der Waals surface area (Å²) in [5.74, 6) is 0.327. The van der Waals surface area contributed by atoms with Crippen molar-refractivity contribution in [1.82, 2.24) is 5.32 Å². The monoisotopic (exact) mass is 315 g/mol. The SMILES string of the molecule is O=C(CC1CC(c2ccccc2)C1)NC1CCC(C(=O)O)CC1. The maximum atomic E-state index is 12.1. The summed E-state index contributed by atoms with van der Waals surface area (Å²) in [5, 5.41) is 12.1. The molecule has 4 nitrogen and oxygen atoms in total. The zero-order valence-electron chi connectivity index (χ0n) is 13.4. The predicted molar refractivity (Wildman–Crippen MR) is 88.0 cm³/mol. The molecule has 2 aliphatic rings. The largest absolute Gasteiger partial charge is 0.481 e. The molecular weight excluding hydrogens is 290 g/mol. The highest BCUT2D eigenvalue weighted by molar-refractivity contribution is 5.76. The number of carboxylic acid groups (broad SMARTS) is 1. The molecular formula is C19H25NO3. The molecule has 0 spiro atoms. The average molecular weight is 315 g/mol. The first kappa shape index (κ1) is 16.0. The van der Waals surface area contributed by atoms with Crippen LogP contribution < -0.4 is 5.32 Å². The number of carboxylic acids is 1. The van der Waals surface area contributed by atoms with Gasteiger partial charge in [0.1, 0.15) is 0 Å². The summed E-state index contributed by atoms with van der Waals surface area (Å²) in [6, 6.07) is 10.7. The molecule has 0 aliphatic heterocycles. The molecule has 0 heterocycles. The van der Waals surface area contributed by atoms with Crippen molar-refractivity contribution in [3.8, 4) is 0 Å². The first-order valence-corrected chi connectivity index (χ1v) is 8.69. The summed E-state index contributed by atoms with van der Waals surface area (Å²) < 4.78 is 0. The molecule has 2 N–H and O–H groups in total. The van der Waals surface area contributed by atoms with Crippen molar-refractivity contribution in [3.05, 3.63) is 35.9 Å². The number of hydrogen-bond acceptors (Lipinski definition) is 2. The highest BCUT2D eigenvalue weighted by Crippen LogP contribution is 2.43. The first-order chi connectivity index (χ1) is 11.1. The van der Waals surface area contributed by atoms with Crippen LogP contribution in [0.5, 0.6) is 0 Å². The van der Waals surface area contributed by atoms with Crippen molar-refractivity contribution < 1.29 is 14.7 Å². The van der Waals surface area contributed by atoms with E-state index in [0.717, 1.165) is 25.7 Å². The van der Waals surface area contributed by atoms with Crippen molar-refractivity contribution in [3.63, 3.8) is 0 Å². The molecule has 0 atom stereocenters. The second kappa shape index (κ2) is 7.16. The molecule has 0 saturated heterocycles. The summed E-state index contributed by atoms with van der Waals surface area (Å²) in [4.78, 5) is 23.1. The minimum atomic E-state index is -0.698. The van der Waals surface area contributed by atoms with E-state index in [4.69, 9.17) is 5.11 Å². The van der Waals surface area contributed by atoms with Crippen LogP contribution in [0.4, 0.5) is 0 Å². The van der Waals surface area contributed by atoms with E-state index >= 15 is 0 Å². The molecule has 4 heteroatoms. The molecule has 2 aliphatic carbocycles. The maximum Gasteiger partial charge on any atom is 0.306 e. The zero-order chi connectivity index (χ0) is 16.2. The van der Waals surface area contributed by atoms with Crippen LogP contribution in [0.2, 0.25) is 0 Å². The average Bonchev–Trinajstić information content (AvgIpc) is 2.52. The number of hydrogen-bond donors (Lipinski definition) is 2. The van der Waals surface area contributed by atoms with Gasteiger partial charge < -0.3 is 10.4 Å². The molecule has 2 saturated carbocycles. The van der Waals surface area contributed by atoms with E-state index in [1.54, 1.807) is 0 Å². The van der Waals surface area contributed by atoms with Crippen LogP contribution in [0.1, 0.15) is 56.4 Å². The van der Waals surface area contributed by atoms with Crippen LogP contribution in [0, 0.1) is 11.8 Å². The smallest absolute Gasteiger partial charge is 0.306 e. The Hall–Kier alpha value is -1.84. The Labute approximate surface area is 137 Å². The van der Waals surface area contributed by atoms with E-state index in [2.05, 4.69) is 29.6 Å². The minimum Gasteiger partial charge on any atom is -0.481 e. The molecule has 1 aromatic rings. The topological polar surface area (TPSA) is 66.4 Å². The summed E-state index contributed by atoms with van der Waals surface area (Å²) in [6.07, 6.45) is 5.76. The third-order valence-corrected chi connectivity index (χ3v) is 5.42. The molecule has 1 aromatic carbocycles. The molecule has 23 heavy (non-hydrogen) atoms. The van der Waals surface area contributed by atoms with Crippen molar-refractivity contribution >= 4 is 11.9 Å². The summed E-state index contributed by atoms with van der Waals surface area (Å²) >= 11 is 0. The summed E-state index contributed by atoms with van der Waals surface area (Å²) in [6.45, 7) is 0. The van der Waals surface area contributed by atoms with Gasteiger partial charge in [0.15, 0.2) is 0 Å². The lowest BCUT2D eigenvalue weighted by Gasteiger charge is -2.36. The fraction of sp³-hybridized carbons (Fsp3) is 0.579. The van der Waals surface area contributed by atoms with Gasteiger partial charge in [-0.1, -0.05) is 30.3 Å².